The van der Waals surface area contributed by atoms with Gasteiger partial charge in [0, 0.05) is 6.20 Å². The van der Waals surface area contributed by atoms with Gasteiger partial charge in [-0.3, -0.25) is 4.98 Å². The van der Waals surface area contributed by atoms with Crippen LogP contribution >= 0.6 is 0 Å². The maximum Gasteiger partial charge on any atom is 0.217 e. The van der Waals surface area contributed by atoms with Crippen molar-refractivity contribution in [2.24, 2.45) is 0 Å². The maximum atomic E-state index is 5.25. The summed E-state index contributed by atoms with van der Waals surface area (Å²) in [6.45, 7) is 0. The molecule has 0 unspecified atom stereocenters. The second kappa shape index (κ2) is 3.22. The van der Waals surface area contributed by atoms with E-state index in [1.54, 1.807) is 12.5 Å². The van der Waals surface area contributed by atoms with Crippen LogP contribution in [-0.2, 0) is 4.74 Å². The summed E-state index contributed by atoms with van der Waals surface area (Å²) < 4.78 is 5.25. The Bertz CT molecular complexity index is 303. The molecule has 1 aromatic heterocycles. The third-order valence-corrected chi connectivity index (χ3v) is 1.55. The molecule has 1 aliphatic rings. The zero-order valence-corrected chi connectivity index (χ0v) is 6.47. The van der Waals surface area contributed by atoms with Crippen molar-refractivity contribution in [3.05, 3.63) is 60.7 Å². The van der Waals surface area contributed by atoms with E-state index in [0.717, 1.165) is 11.8 Å². The van der Waals surface area contributed by atoms with Crippen LogP contribution in [0.5, 0.6) is 0 Å². The summed E-state index contributed by atoms with van der Waals surface area (Å²) in [7, 11) is 0. The molecule has 0 aromatic carbocycles. The second-order valence-electron chi connectivity index (χ2n) is 2.38. The Hall–Kier alpha value is -1.57. The molecule has 2 nitrogen and oxygen atoms in total. The summed E-state index contributed by atoms with van der Waals surface area (Å²) in [5.41, 5.74) is 0.859. The fourth-order valence-corrected chi connectivity index (χ4v) is 0.994. The predicted molar refractivity (Wildman–Crippen MR) is 45.9 cm³/mol. The topological polar surface area (TPSA) is 22.1 Å². The molecule has 0 spiro atoms. The molecule has 1 aromatic rings. The highest BCUT2D eigenvalue weighted by Crippen LogP contribution is 2.17. The van der Waals surface area contributed by atoms with E-state index in [-0.39, 0.29) is 0 Å². The molecule has 0 saturated heterocycles. The molecule has 2 heteroatoms. The van der Waals surface area contributed by atoms with Gasteiger partial charge in [0.1, 0.15) is 0 Å². The van der Waals surface area contributed by atoms with Crippen LogP contribution in [0.15, 0.2) is 48.9 Å². The van der Waals surface area contributed by atoms with Gasteiger partial charge in [0.15, 0.2) is 0 Å². The van der Waals surface area contributed by atoms with E-state index in [2.05, 4.69) is 4.98 Å². The van der Waals surface area contributed by atoms with Gasteiger partial charge >= 0.3 is 0 Å². The molecule has 2 rings (SSSR count). The van der Waals surface area contributed by atoms with E-state index in [0.29, 0.717) is 0 Å². The first-order valence-electron chi connectivity index (χ1n) is 3.75. The van der Waals surface area contributed by atoms with Crippen molar-refractivity contribution in [3.63, 3.8) is 0 Å². The first-order valence-corrected chi connectivity index (χ1v) is 3.75. The Labute approximate surface area is 71.2 Å². The Morgan fingerprint density at radius 2 is 2.17 bits per heavy atom. The lowest BCUT2D eigenvalue weighted by Gasteiger charge is -2.11. The molecule has 0 atom stereocenters. The number of pyridine rings is 1. The molecule has 59 valence electrons. The fourth-order valence-electron chi connectivity index (χ4n) is 0.994. The van der Waals surface area contributed by atoms with E-state index in [9.17, 15) is 0 Å². The van der Waals surface area contributed by atoms with E-state index in [1.165, 1.54) is 0 Å². The van der Waals surface area contributed by atoms with Crippen LogP contribution in [0.4, 0.5) is 0 Å². The Morgan fingerprint density at radius 3 is 2.83 bits per heavy atom. The van der Waals surface area contributed by atoms with Crippen molar-refractivity contribution in [1.82, 2.24) is 4.98 Å². The van der Waals surface area contributed by atoms with E-state index in [4.69, 9.17) is 4.74 Å². The van der Waals surface area contributed by atoms with Crippen molar-refractivity contribution in [1.29, 1.82) is 0 Å². The standard InChI is InChI=1S/C10H8NO/c1-3-7-11-9(5-1)10-6-2-4-8-12-10/h1-8H. The Kier molecular flexibility index (Phi) is 1.90. The van der Waals surface area contributed by atoms with Crippen LogP contribution in [0.2, 0.25) is 0 Å². The van der Waals surface area contributed by atoms with Crippen LogP contribution < -0.4 is 0 Å². The maximum absolute atomic E-state index is 5.25. The average Bonchev–Trinajstić information content (AvgIpc) is 2.21. The lowest BCUT2D eigenvalue weighted by Crippen LogP contribution is -2.02. The lowest BCUT2D eigenvalue weighted by atomic mass is 10.2. The highest BCUT2D eigenvalue weighted by molar-refractivity contribution is 5.30. The number of aromatic nitrogens is 1. The van der Waals surface area contributed by atoms with Crippen molar-refractivity contribution >= 4 is 0 Å². The van der Waals surface area contributed by atoms with Crippen molar-refractivity contribution in [2.75, 3.05) is 0 Å². The van der Waals surface area contributed by atoms with Gasteiger partial charge in [-0.05, 0) is 24.3 Å². The van der Waals surface area contributed by atoms with E-state index < -0.39 is 0 Å². The second-order valence-corrected chi connectivity index (χ2v) is 2.38. The highest BCUT2D eigenvalue weighted by Gasteiger charge is 2.11. The molecular weight excluding hydrogens is 150 g/mol. The van der Waals surface area contributed by atoms with Crippen LogP contribution in [-0.4, -0.2) is 4.98 Å². The first kappa shape index (κ1) is 7.10. The smallest absolute Gasteiger partial charge is 0.217 e. The van der Waals surface area contributed by atoms with Gasteiger partial charge in [-0.1, -0.05) is 12.1 Å². The molecular formula is C10H8NO. The molecule has 0 bridgehead atoms. The number of rotatable bonds is 1. The van der Waals surface area contributed by atoms with Gasteiger partial charge in [0.05, 0.1) is 12.0 Å². The normalized spacial score (nSPS) is 16.0. The first-order chi connectivity index (χ1) is 5.97. The average molecular weight is 158 g/mol. The number of hydrogen-bond acceptors (Lipinski definition) is 2. The van der Waals surface area contributed by atoms with Crippen LogP contribution in [0.3, 0.4) is 0 Å². The molecule has 0 amide bonds. The molecule has 0 saturated carbocycles. The summed E-state index contributed by atoms with van der Waals surface area (Å²) in [6, 6.07) is 5.73. The summed E-state index contributed by atoms with van der Waals surface area (Å²) in [5.74, 6) is 0. The van der Waals surface area contributed by atoms with Gasteiger partial charge in [-0.2, -0.15) is 0 Å². The van der Waals surface area contributed by atoms with Gasteiger partial charge in [-0.15, -0.1) is 0 Å². The van der Waals surface area contributed by atoms with Crippen LogP contribution in [0.1, 0.15) is 5.69 Å². The van der Waals surface area contributed by atoms with Gasteiger partial charge in [0.2, 0.25) is 6.10 Å². The largest absolute Gasteiger partial charge is 0.479 e. The SMILES string of the molecule is C1=CO[C](c2ccccn2)C=C1. The minimum atomic E-state index is 0.790. The highest BCUT2D eigenvalue weighted by atomic mass is 16.5. The zero-order chi connectivity index (χ0) is 8.23. The van der Waals surface area contributed by atoms with Crippen molar-refractivity contribution in [3.8, 4) is 0 Å². The molecule has 2 heterocycles. The van der Waals surface area contributed by atoms with Crippen LogP contribution in [0.25, 0.3) is 0 Å². The quantitative estimate of drug-likeness (QED) is 0.624. The molecule has 12 heavy (non-hydrogen) atoms. The predicted octanol–water partition coefficient (Wildman–Crippen LogP) is 2.06. The molecule has 0 fully saturated rings. The Morgan fingerprint density at radius 1 is 1.17 bits per heavy atom. The number of hydrogen-bond donors (Lipinski definition) is 0. The lowest BCUT2D eigenvalue weighted by molar-refractivity contribution is 0.301. The van der Waals surface area contributed by atoms with Crippen LogP contribution in [0, 0.1) is 6.10 Å². The fraction of sp³-hybridized carbons (Fsp3) is 0. The minimum absolute atomic E-state index is 0.790. The van der Waals surface area contributed by atoms with E-state index in [1.807, 2.05) is 36.4 Å². The molecule has 0 aliphatic carbocycles. The van der Waals surface area contributed by atoms with Crippen molar-refractivity contribution < 1.29 is 4.74 Å². The Balaban J connectivity index is 2.21. The third kappa shape index (κ3) is 1.37. The molecule has 1 aliphatic heterocycles. The number of ether oxygens (including phenoxy) is 1. The zero-order valence-electron chi connectivity index (χ0n) is 6.47. The monoisotopic (exact) mass is 158 g/mol. The summed E-state index contributed by atoms with van der Waals surface area (Å²) in [4.78, 5) is 4.16. The summed E-state index contributed by atoms with van der Waals surface area (Å²) in [5, 5.41) is 0. The van der Waals surface area contributed by atoms with Crippen molar-refractivity contribution in [2.45, 2.75) is 0 Å². The number of allylic oxidation sites excluding steroid dienone is 2. The minimum Gasteiger partial charge on any atom is -0.479 e. The number of nitrogens with zero attached hydrogens (tertiary/aromatic N) is 1. The summed E-state index contributed by atoms with van der Waals surface area (Å²) in [6.07, 6.45) is 9.84. The van der Waals surface area contributed by atoms with Gasteiger partial charge in [-0.25, -0.2) is 0 Å². The van der Waals surface area contributed by atoms with Gasteiger partial charge < -0.3 is 4.74 Å². The third-order valence-electron chi connectivity index (χ3n) is 1.55. The molecule has 1 radical (unpaired) electrons. The van der Waals surface area contributed by atoms with E-state index >= 15 is 0 Å². The molecule has 0 N–H and O–H groups in total. The summed E-state index contributed by atoms with van der Waals surface area (Å²) >= 11 is 0. The van der Waals surface area contributed by atoms with Gasteiger partial charge in [0.25, 0.3) is 0 Å².